The van der Waals surface area contributed by atoms with Gasteiger partial charge in [0.15, 0.2) is 6.17 Å². The van der Waals surface area contributed by atoms with Crippen LogP contribution in [0.1, 0.15) is 88.2 Å². The molecule has 0 bridgehead atoms. The summed E-state index contributed by atoms with van der Waals surface area (Å²) >= 11 is 0. The molecule has 2 aliphatic rings. The van der Waals surface area contributed by atoms with E-state index in [1.54, 1.807) is 5.56 Å². The Labute approximate surface area is 178 Å². The zero-order chi connectivity index (χ0) is 21.7. The number of fused-ring (bicyclic) bond motifs is 1. The summed E-state index contributed by atoms with van der Waals surface area (Å²) in [6.45, 7) is 4.41. The number of hydrogen-bond donors (Lipinski definition) is 0. The van der Waals surface area contributed by atoms with Gasteiger partial charge in [-0.15, -0.1) is 0 Å². The fourth-order valence-electron chi connectivity index (χ4n) is 5.83. The molecule has 0 atom stereocenters. The standard InChI is InChI=1S/C28H34N/c1-19-12-13-23-14-15-29(3)28(27(23)16-19)26-18-24(21-8-4-5-9-21)17-25(20(26)2)22-10-6-7-11-22/h12-18,21-22H,4-11H2,1-3H3/q+1/i14D,15D. The van der Waals surface area contributed by atoms with E-state index in [1.165, 1.54) is 73.6 Å². The highest BCUT2D eigenvalue weighted by molar-refractivity contribution is 5.94. The predicted octanol–water partition coefficient (Wildman–Crippen LogP) is 7.26. The van der Waals surface area contributed by atoms with Crippen LogP contribution in [0.3, 0.4) is 0 Å². The molecule has 1 heteroatoms. The van der Waals surface area contributed by atoms with Crippen molar-refractivity contribution in [2.45, 2.75) is 77.0 Å². The molecule has 0 N–H and O–H groups in total. The lowest BCUT2D eigenvalue weighted by Crippen LogP contribution is -2.31. The second kappa shape index (κ2) is 7.59. The number of hydrogen-bond acceptors (Lipinski definition) is 0. The van der Waals surface area contributed by atoms with Crippen LogP contribution >= 0.6 is 0 Å². The van der Waals surface area contributed by atoms with Crippen LogP contribution in [0, 0.1) is 13.8 Å². The Bertz CT molecular complexity index is 1150. The molecular formula is C28H34N+. The molecule has 1 heterocycles. The second-order valence-electron chi connectivity index (χ2n) is 9.44. The molecule has 0 radical (unpaired) electrons. The van der Waals surface area contributed by atoms with Crippen molar-refractivity contribution in [1.82, 2.24) is 0 Å². The van der Waals surface area contributed by atoms with Crippen LogP contribution < -0.4 is 4.57 Å². The van der Waals surface area contributed by atoms with E-state index in [0.29, 0.717) is 24.1 Å². The lowest BCUT2D eigenvalue weighted by molar-refractivity contribution is -0.659. The highest BCUT2D eigenvalue weighted by Gasteiger charge is 2.27. The van der Waals surface area contributed by atoms with Crippen LogP contribution in [-0.4, -0.2) is 0 Å². The van der Waals surface area contributed by atoms with E-state index in [-0.39, 0.29) is 0 Å². The predicted molar refractivity (Wildman–Crippen MR) is 122 cm³/mol. The topological polar surface area (TPSA) is 3.88 Å². The maximum absolute atomic E-state index is 8.66. The summed E-state index contributed by atoms with van der Waals surface area (Å²) in [5.41, 5.74) is 8.01. The number of nitrogens with zero attached hydrogens (tertiary/aromatic N) is 1. The lowest BCUT2D eigenvalue weighted by Gasteiger charge is -2.21. The molecular weight excluding hydrogens is 350 g/mol. The normalized spacial score (nSPS) is 19.1. The molecule has 0 spiro atoms. The van der Waals surface area contributed by atoms with E-state index < -0.39 is 0 Å². The van der Waals surface area contributed by atoms with Gasteiger partial charge in [-0.25, -0.2) is 4.57 Å². The van der Waals surface area contributed by atoms with Crippen LogP contribution in [0.15, 0.2) is 42.5 Å². The van der Waals surface area contributed by atoms with Crippen molar-refractivity contribution in [2.75, 3.05) is 0 Å². The first-order chi connectivity index (χ1) is 15.0. The summed E-state index contributed by atoms with van der Waals surface area (Å²) in [6.07, 6.45) is 10.9. The van der Waals surface area contributed by atoms with E-state index in [4.69, 9.17) is 2.74 Å². The molecule has 2 aliphatic carbocycles. The lowest BCUT2D eigenvalue weighted by atomic mass is 9.83. The van der Waals surface area contributed by atoms with Gasteiger partial charge in [0.2, 0.25) is 5.69 Å². The van der Waals surface area contributed by atoms with Gasteiger partial charge in [0, 0.05) is 6.04 Å². The van der Waals surface area contributed by atoms with Crippen molar-refractivity contribution < 1.29 is 7.31 Å². The summed E-state index contributed by atoms with van der Waals surface area (Å²) in [5, 5.41) is 1.99. The SMILES string of the molecule is [2H]c1c([2H])[n+](C)c(-c2cc(C3CCCC3)cc(C3CCCC3)c2C)c2cc(C)ccc12. The summed E-state index contributed by atoms with van der Waals surface area (Å²) in [6, 6.07) is 11.6. The first-order valence-corrected chi connectivity index (χ1v) is 11.5. The molecule has 0 aliphatic heterocycles. The van der Waals surface area contributed by atoms with E-state index in [1.807, 2.05) is 17.7 Å². The first-order valence-electron chi connectivity index (χ1n) is 12.5. The first kappa shape index (κ1) is 16.6. The van der Waals surface area contributed by atoms with E-state index in [9.17, 15) is 0 Å². The molecule has 29 heavy (non-hydrogen) atoms. The third kappa shape index (κ3) is 3.39. The van der Waals surface area contributed by atoms with Crippen molar-refractivity contribution in [3.8, 4) is 11.3 Å². The fourth-order valence-corrected chi connectivity index (χ4v) is 5.83. The fraction of sp³-hybridized carbons (Fsp3) is 0.464. The van der Waals surface area contributed by atoms with Crippen molar-refractivity contribution in [1.29, 1.82) is 0 Å². The quantitative estimate of drug-likeness (QED) is 0.417. The summed E-state index contributed by atoms with van der Waals surface area (Å²) in [4.78, 5) is 0. The van der Waals surface area contributed by atoms with Crippen molar-refractivity contribution in [3.63, 3.8) is 0 Å². The highest BCUT2D eigenvalue weighted by Crippen LogP contribution is 2.43. The Morgan fingerprint density at radius 2 is 1.59 bits per heavy atom. The Balaban J connectivity index is 1.82. The second-order valence-corrected chi connectivity index (χ2v) is 9.44. The molecule has 0 amide bonds. The highest BCUT2D eigenvalue weighted by atomic mass is 14.9. The maximum Gasteiger partial charge on any atom is 0.220 e. The zero-order valence-corrected chi connectivity index (χ0v) is 18.1. The third-order valence-corrected chi connectivity index (χ3v) is 7.47. The molecule has 2 fully saturated rings. The monoisotopic (exact) mass is 386 g/mol. The van der Waals surface area contributed by atoms with Crippen molar-refractivity contribution in [2.24, 2.45) is 7.05 Å². The Morgan fingerprint density at radius 1 is 0.897 bits per heavy atom. The number of aromatic nitrogens is 1. The van der Waals surface area contributed by atoms with E-state index in [2.05, 4.69) is 38.1 Å². The Kier molecular flexibility index (Phi) is 4.35. The minimum absolute atomic E-state index is 0.291. The van der Waals surface area contributed by atoms with Crippen LogP contribution in [0.2, 0.25) is 0 Å². The Hall–Kier alpha value is -2.15. The minimum Gasteiger partial charge on any atom is -0.200 e. The molecule has 1 aromatic heterocycles. The van der Waals surface area contributed by atoms with Gasteiger partial charge in [0.05, 0.1) is 12.3 Å². The van der Waals surface area contributed by atoms with Gasteiger partial charge in [-0.1, -0.05) is 49.4 Å². The Morgan fingerprint density at radius 3 is 2.31 bits per heavy atom. The maximum atomic E-state index is 8.66. The van der Waals surface area contributed by atoms with Crippen molar-refractivity contribution in [3.05, 3.63) is 64.8 Å². The molecule has 0 unspecified atom stereocenters. The number of benzene rings is 2. The molecule has 0 saturated heterocycles. The average molecular weight is 387 g/mol. The van der Waals surface area contributed by atoms with Gasteiger partial charge in [-0.2, -0.15) is 0 Å². The number of pyridine rings is 1. The summed E-state index contributed by atoms with van der Waals surface area (Å²) < 4.78 is 19.2. The molecule has 2 saturated carbocycles. The number of rotatable bonds is 3. The van der Waals surface area contributed by atoms with E-state index >= 15 is 0 Å². The molecule has 150 valence electrons. The largest absolute Gasteiger partial charge is 0.220 e. The van der Waals surface area contributed by atoms with Gasteiger partial charge in [0.25, 0.3) is 0 Å². The van der Waals surface area contributed by atoms with Crippen LogP contribution in [0.4, 0.5) is 0 Å². The van der Waals surface area contributed by atoms with Gasteiger partial charge < -0.3 is 0 Å². The summed E-state index contributed by atoms with van der Waals surface area (Å²) in [7, 11) is 1.97. The van der Waals surface area contributed by atoms with Crippen LogP contribution in [-0.2, 0) is 7.05 Å². The third-order valence-electron chi connectivity index (χ3n) is 7.47. The smallest absolute Gasteiger partial charge is 0.200 e. The molecule has 2 aromatic carbocycles. The van der Waals surface area contributed by atoms with Gasteiger partial charge in [-0.05, 0) is 85.6 Å². The number of aryl methyl sites for hydroxylation is 1. The van der Waals surface area contributed by atoms with Gasteiger partial charge in [0.1, 0.15) is 8.42 Å². The van der Waals surface area contributed by atoms with Gasteiger partial charge in [-0.3, -0.25) is 0 Å². The average Bonchev–Trinajstić information content (AvgIpc) is 3.48. The summed E-state index contributed by atoms with van der Waals surface area (Å²) in [5.74, 6) is 1.34. The van der Waals surface area contributed by atoms with Crippen LogP contribution in [0.5, 0.6) is 0 Å². The van der Waals surface area contributed by atoms with Crippen molar-refractivity contribution >= 4 is 10.8 Å². The minimum atomic E-state index is 0.291. The molecule has 3 aromatic rings. The molecule has 1 nitrogen and oxygen atoms in total. The van der Waals surface area contributed by atoms with E-state index in [0.717, 1.165) is 16.5 Å². The van der Waals surface area contributed by atoms with Crippen LogP contribution in [0.25, 0.3) is 22.0 Å². The zero-order valence-electron chi connectivity index (χ0n) is 20.1. The molecule has 5 rings (SSSR count). The van der Waals surface area contributed by atoms with Gasteiger partial charge >= 0.3 is 0 Å².